The average molecular weight is 244 g/mol. The van der Waals surface area contributed by atoms with Gasteiger partial charge in [-0.1, -0.05) is 0 Å². The van der Waals surface area contributed by atoms with E-state index in [2.05, 4.69) is 21.2 Å². The van der Waals surface area contributed by atoms with E-state index in [0.29, 0.717) is 25.9 Å². The first-order chi connectivity index (χ1) is 5.52. The molecule has 0 radical (unpaired) electrons. The van der Waals surface area contributed by atoms with Crippen molar-refractivity contribution in [2.24, 2.45) is 5.92 Å². The Hall–Kier alpha value is 0.260. The second kappa shape index (κ2) is 3.98. The van der Waals surface area contributed by atoms with Gasteiger partial charge in [0, 0.05) is 0 Å². The molecular weight excluding hydrogens is 232 g/mol. The highest BCUT2D eigenvalue weighted by Crippen LogP contribution is 2.33. The molecule has 1 unspecified atom stereocenters. The van der Waals surface area contributed by atoms with Gasteiger partial charge in [0.15, 0.2) is 0 Å². The third-order valence-electron chi connectivity index (χ3n) is 2.17. The van der Waals surface area contributed by atoms with E-state index in [1.165, 1.54) is 0 Å². The Kier molecular flexibility index (Phi) is 3.43. The van der Waals surface area contributed by atoms with Crippen molar-refractivity contribution >= 4 is 15.9 Å². The van der Waals surface area contributed by atoms with Crippen LogP contribution in [-0.4, -0.2) is 29.1 Å². The second-order valence-electron chi connectivity index (χ2n) is 3.07. The van der Waals surface area contributed by atoms with Crippen LogP contribution in [0.3, 0.4) is 0 Å². The van der Waals surface area contributed by atoms with Crippen LogP contribution >= 0.6 is 15.9 Å². The van der Waals surface area contributed by atoms with Crippen molar-refractivity contribution in [3.8, 4) is 0 Å². The molecule has 1 aliphatic rings. The van der Waals surface area contributed by atoms with Crippen molar-refractivity contribution < 1.29 is 13.9 Å². The first kappa shape index (κ1) is 10.3. The van der Waals surface area contributed by atoms with Crippen LogP contribution in [0.1, 0.15) is 12.8 Å². The number of alkyl halides is 3. The molecule has 5 heteroatoms. The quantitative estimate of drug-likeness (QED) is 0.718. The van der Waals surface area contributed by atoms with E-state index in [1.807, 2.05) is 0 Å². The van der Waals surface area contributed by atoms with Gasteiger partial charge in [0.2, 0.25) is 0 Å². The van der Waals surface area contributed by atoms with Gasteiger partial charge in [-0.05, 0) is 47.8 Å². The SMILES string of the molecule is OC(C1CCNCC1)C(F)(F)Br. The predicted octanol–water partition coefficient (Wildman–Crippen LogP) is 1.33. The molecule has 0 aromatic carbocycles. The van der Waals surface area contributed by atoms with Crippen LogP contribution in [0.5, 0.6) is 0 Å². The van der Waals surface area contributed by atoms with Gasteiger partial charge >= 0.3 is 4.83 Å². The molecule has 2 nitrogen and oxygen atoms in total. The van der Waals surface area contributed by atoms with E-state index in [-0.39, 0.29) is 5.92 Å². The van der Waals surface area contributed by atoms with Gasteiger partial charge in [-0.25, -0.2) is 0 Å². The first-order valence-electron chi connectivity index (χ1n) is 3.97. The number of aliphatic hydroxyl groups is 1. The molecule has 1 fully saturated rings. The molecule has 1 heterocycles. The van der Waals surface area contributed by atoms with Crippen LogP contribution in [0.4, 0.5) is 8.78 Å². The summed E-state index contributed by atoms with van der Waals surface area (Å²) in [5.74, 6) is -0.291. The van der Waals surface area contributed by atoms with E-state index >= 15 is 0 Å². The summed E-state index contributed by atoms with van der Waals surface area (Å²) < 4.78 is 25.1. The number of piperidine rings is 1. The topological polar surface area (TPSA) is 32.3 Å². The van der Waals surface area contributed by atoms with Crippen molar-refractivity contribution in [3.63, 3.8) is 0 Å². The lowest BCUT2D eigenvalue weighted by Gasteiger charge is -2.29. The monoisotopic (exact) mass is 243 g/mol. The molecule has 1 aliphatic heterocycles. The lowest BCUT2D eigenvalue weighted by molar-refractivity contribution is -0.0653. The highest BCUT2D eigenvalue weighted by atomic mass is 79.9. The van der Waals surface area contributed by atoms with Gasteiger partial charge in [0.1, 0.15) is 6.10 Å². The van der Waals surface area contributed by atoms with Gasteiger partial charge in [-0.3, -0.25) is 0 Å². The van der Waals surface area contributed by atoms with Crippen molar-refractivity contribution in [1.82, 2.24) is 5.32 Å². The minimum Gasteiger partial charge on any atom is -0.386 e. The summed E-state index contributed by atoms with van der Waals surface area (Å²) in [5.41, 5.74) is 0. The van der Waals surface area contributed by atoms with E-state index in [4.69, 9.17) is 0 Å². The van der Waals surface area contributed by atoms with Crippen LogP contribution in [0.15, 0.2) is 0 Å². The zero-order valence-electron chi connectivity index (χ0n) is 6.56. The van der Waals surface area contributed by atoms with Gasteiger partial charge in [-0.15, -0.1) is 0 Å². The molecule has 1 atom stereocenters. The molecule has 1 rings (SSSR count). The summed E-state index contributed by atoms with van der Waals surface area (Å²) in [6.45, 7) is 1.43. The summed E-state index contributed by atoms with van der Waals surface area (Å²) in [6.07, 6.45) is -0.329. The van der Waals surface area contributed by atoms with Crippen LogP contribution in [-0.2, 0) is 0 Å². The fourth-order valence-electron chi connectivity index (χ4n) is 1.43. The highest BCUT2D eigenvalue weighted by molar-refractivity contribution is 9.10. The van der Waals surface area contributed by atoms with Crippen molar-refractivity contribution in [3.05, 3.63) is 0 Å². The van der Waals surface area contributed by atoms with E-state index in [0.717, 1.165) is 0 Å². The first-order valence-corrected chi connectivity index (χ1v) is 4.76. The van der Waals surface area contributed by atoms with E-state index < -0.39 is 10.9 Å². The Balaban J connectivity index is 2.45. The standard InChI is InChI=1S/C7H12BrF2NO/c8-7(9,10)6(12)5-1-3-11-4-2-5/h5-6,11-12H,1-4H2. The van der Waals surface area contributed by atoms with E-state index in [9.17, 15) is 13.9 Å². The molecule has 0 saturated carbocycles. The molecule has 72 valence electrons. The maximum atomic E-state index is 12.5. The van der Waals surface area contributed by atoms with Crippen molar-refractivity contribution in [1.29, 1.82) is 0 Å². The van der Waals surface area contributed by atoms with Crippen molar-refractivity contribution in [2.75, 3.05) is 13.1 Å². The summed E-state index contributed by atoms with van der Waals surface area (Å²) in [4.78, 5) is -3.14. The molecular formula is C7H12BrF2NO. The maximum Gasteiger partial charge on any atom is 0.326 e. The zero-order chi connectivity index (χ0) is 9.19. The number of hydrogen-bond donors (Lipinski definition) is 2. The van der Waals surface area contributed by atoms with E-state index in [1.54, 1.807) is 0 Å². The van der Waals surface area contributed by atoms with Crippen molar-refractivity contribution in [2.45, 2.75) is 23.8 Å². The fourth-order valence-corrected chi connectivity index (χ4v) is 1.80. The molecule has 1 saturated heterocycles. The minimum absolute atomic E-state index is 0.291. The summed E-state index contributed by atoms with van der Waals surface area (Å²) in [6, 6.07) is 0. The maximum absolute atomic E-state index is 12.5. The Morgan fingerprint density at radius 3 is 2.33 bits per heavy atom. The highest BCUT2D eigenvalue weighted by Gasteiger charge is 2.40. The van der Waals surface area contributed by atoms with Crippen LogP contribution in [0.2, 0.25) is 0 Å². The molecule has 0 spiro atoms. The lowest BCUT2D eigenvalue weighted by Crippen LogP contribution is -2.40. The second-order valence-corrected chi connectivity index (χ2v) is 4.13. The van der Waals surface area contributed by atoms with Crippen LogP contribution in [0.25, 0.3) is 0 Å². The number of nitrogens with one attached hydrogen (secondary N) is 1. The largest absolute Gasteiger partial charge is 0.386 e. The average Bonchev–Trinajstić information content (AvgIpc) is 2.03. The Morgan fingerprint density at radius 2 is 1.92 bits per heavy atom. The number of aliphatic hydroxyl groups excluding tert-OH is 1. The number of halogens is 3. The molecule has 0 amide bonds. The number of hydrogen-bond acceptors (Lipinski definition) is 2. The Labute approximate surface area is 78.5 Å². The smallest absolute Gasteiger partial charge is 0.326 e. The zero-order valence-corrected chi connectivity index (χ0v) is 8.15. The Morgan fingerprint density at radius 1 is 1.42 bits per heavy atom. The van der Waals surface area contributed by atoms with Crippen LogP contribution < -0.4 is 5.32 Å². The minimum atomic E-state index is -3.14. The van der Waals surface area contributed by atoms with Gasteiger partial charge in [0.05, 0.1) is 0 Å². The predicted molar refractivity (Wildman–Crippen MR) is 45.5 cm³/mol. The summed E-state index contributed by atoms with van der Waals surface area (Å²) in [7, 11) is 0. The van der Waals surface area contributed by atoms with Gasteiger partial charge in [0.25, 0.3) is 0 Å². The fraction of sp³-hybridized carbons (Fsp3) is 1.00. The normalized spacial score (nSPS) is 24.0. The number of rotatable bonds is 2. The summed E-state index contributed by atoms with van der Waals surface area (Å²) in [5, 5.41) is 12.2. The molecule has 2 N–H and O–H groups in total. The van der Waals surface area contributed by atoms with Gasteiger partial charge < -0.3 is 10.4 Å². The molecule has 0 aromatic heterocycles. The van der Waals surface area contributed by atoms with Gasteiger partial charge in [-0.2, -0.15) is 8.78 Å². The lowest BCUT2D eigenvalue weighted by atomic mass is 9.92. The third-order valence-corrected chi connectivity index (χ3v) is 2.63. The summed E-state index contributed by atoms with van der Waals surface area (Å²) >= 11 is 2.18. The third kappa shape index (κ3) is 2.64. The molecule has 12 heavy (non-hydrogen) atoms. The molecule has 0 aliphatic carbocycles. The van der Waals surface area contributed by atoms with Crippen LogP contribution in [0, 0.1) is 5.92 Å². The Bertz CT molecular complexity index is 145. The molecule has 0 bridgehead atoms. The molecule has 0 aromatic rings.